The monoisotopic (exact) mass is 293 g/mol. The van der Waals surface area contributed by atoms with Crippen molar-refractivity contribution in [2.75, 3.05) is 0 Å². The van der Waals surface area contributed by atoms with E-state index in [-0.39, 0.29) is 12.3 Å². The third-order valence-corrected chi connectivity index (χ3v) is 4.13. The molecule has 1 heterocycles. The fraction of sp³-hybridized carbons (Fsp3) is 0.211. The molecule has 0 radical (unpaired) electrons. The topological polar surface area (TPSA) is 42.2 Å². The van der Waals surface area contributed by atoms with Crippen LogP contribution in [0, 0.1) is 6.92 Å². The molecule has 3 nitrogen and oxygen atoms in total. The Labute approximate surface area is 129 Å². The summed E-state index contributed by atoms with van der Waals surface area (Å²) in [5, 5.41) is 10.5. The van der Waals surface area contributed by atoms with Gasteiger partial charge in [0.05, 0.1) is 6.42 Å². The molecule has 1 aromatic heterocycles. The Balaban J connectivity index is 2.18. The molecule has 0 bridgehead atoms. The van der Waals surface area contributed by atoms with Gasteiger partial charge >= 0.3 is 5.97 Å². The normalized spacial score (nSPS) is 12.5. The van der Waals surface area contributed by atoms with Gasteiger partial charge < -0.3 is 9.67 Å². The van der Waals surface area contributed by atoms with E-state index in [2.05, 4.69) is 29.0 Å². The van der Waals surface area contributed by atoms with E-state index in [0.717, 1.165) is 27.6 Å². The van der Waals surface area contributed by atoms with Crippen LogP contribution in [0.15, 0.2) is 54.7 Å². The first-order valence-electron chi connectivity index (χ1n) is 7.38. The average molecular weight is 293 g/mol. The van der Waals surface area contributed by atoms with E-state index < -0.39 is 5.97 Å². The lowest BCUT2D eigenvalue weighted by Crippen LogP contribution is -2.08. The number of carboxylic acids is 1. The number of rotatable bonds is 4. The number of nitrogens with zero attached hydrogens (tertiary/aromatic N) is 1. The zero-order chi connectivity index (χ0) is 15.7. The second kappa shape index (κ2) is 5.68. The molecule has 22 heavy (non-hydrogen) atoms. The highest BCUT2D eigenvalue weighted by Crippen LogP contribution is 2.34. The molecule has 112 valence electrons. The lowest BCUT2D eigenvalue weighted by atomic mass is 9.87. The number of aryl methyl sites for hydroxylation is 2. The number of carbonyl (C=O) groups is 1. The third-order valence-electron chi connectivity index (χ3n) is 4.13. The van der Waals surface area contributed by atoms with E-state index in [9.17, 15) is 9.90 Å². The van der Waals surface area contributed by atoms with Crippen LogP contribution < -0.4 is 0 Å². The smallest absolute Gasteiger partial charge is 0.304 e. The van der Waals surface area contributed by atoms with Crippen LogP contribution in [0.2, 0.25) is 0 Å². The summed E-state index contributed by atoms with van der Waals surface area (Å²) in [6, 6.07) is 16.2. The largest absolute Gasteiger partial charge is 0.481 e. The number of benzene rings is 2. The molecule has 0 fully saturated rings. The summed E-state index contributed by atoms with van der Waals surface area (Å²) in [5.74, 6) is -0.914. The summed E-state index contributed by atoms with van der Waals surface area (Å²) in [7, 11) is 2.00. The molecule has 0 spiro atoms. The first-order chi connectivity index (χ1) is 10.6. The average Bonchev–Trinajstić information content (AvgIpc) is 2.82. The summed E-state index contributed by atoms with van der Waals surface area (Å²) in [6.07, 6.45) is 2.15. The Kier molecular flexibility index (Phi) is 3.72. The second-order valence-electron chi connectivity index (χ2n) is 5.78. The number of para-hydroxylation sites is 1. The molecule has 3 aromatic rings. The first kappa shape index (κ1) is 14.4. The highest BCUT2D eigenvalue weighted by Gasteiger charge is 2.21. The molecule has 0 saturated carbocycles. The van der Waals surface area contributed by atoms with Gasteiger partial charge in [0, 0.05) is 30.1 Å². The molecule has 0 aliphatic rings. The minimum absolute atomic E-state index is 0.0947. The van der Waals surface area contributed by atoms with Gasteiger partial charge in [0.15, 0.2) is 0 Å². The van der Waals surface area contributed by atoms with Gasteiger partial charge in [0.25, 0.3) is 0 Å². The number of hydrogen-bond acceptors (Lipinski definition) is 1. The predicted molar refractivity (Wildman–Crippen MR) is 88.2 cm³/mol. The fourth-order valence-electron chi connectivity index (χ4n) is 3.12. The standard InChI is InChI=1S/C19H19NO2/c1-13-6-5-7-14(10-13)16(11-19(21)22)17-12-20(2)18-9-4-3-8-15(17)18/h3-10,12,16H,11H2,1-2H3,(H,21,22). The summed E-state index contributed by atoms with van der Waals surface area (Å²) in [5.41, 5.74) is 4.40. The van der Waals surface area contributed by atoms with Crippen molar-refractivity contribution in [2.45, 2.75) is 19.3 Å². The number of carboxylic acid groups (broad SMARTS) is 1. The van der Waals surface area contributed by atoms with E-state index in [1.807, 2.05) is 44.3 Å². The van der Waals surface area contributed by atoms with Crippen LogP contribution in [0.5, 0.6) is 0 Å². The zero-order valence-corrected chi connectivity index (χ0v) is 12.8. The second-order valence-corrected chi connectivity index (χ2v) is 5.78. The Morgan fingerprint density at radius 3 is 2.68 bits per heavy atom. The number of aliphatic carboxylic acids is 1. The Morgan fingerprint density at radius 1 is 1.18 bits per heavy atom. The molecule has 0 saturated heterocycles. The Hall–Kier alpha value is -2.55. The van der Waals surface area contributed by atoms with E-state index in [1.54, 1.807) is 0 Å². The first-order valence-corrected chi connectivity index (χ1v) is 7.38. The zero-order valence-electron chi connectivity index (χ0n) is 12.8. The molecule has 2 aromatic carbocycles. The molecular formula is C19H19NO2. The van der Waals surface area contributed by atoms with Gasteiger partial charge in [-0.25, -0.2) is 0 Å². The highest BCUT2D eigenvalue weighted by atomic mass is 16.4. The van der Waals surface area contributed by atoms with Gasteiger partial charge in [0.1, 0.15) is 0 Å². The van der Waals surface area contributed by atoms with Crippen LogP contribution in [-0.2, 0) is 11.8 Å². The molecule has 0 aliphatic heterocycles. The number of aromatic nitrogens is 1. The van der Waals surface area contributed by atoms with E-state index in [0.29, 0.717) is 0 Å². The van der Waals surface area contributed by atoms with Gasteiger partial charge in [-0.1, -0.05) is 48.0 Å². The van der Waals surface area contributed by atoms with E-state index >= 15 is 0 Å². The van der Waals surface area contributed by atoms with Crippen molar-refractivity contribution in [3.63, 3.8) is 0 Å². The number of fused-ring (bicyclic) bond motifs is 1. The lowest BCUT2D eigenvalue weighted by molar-refractivity contribution is -0.137. The maximum atomic E-state index is 11.4. The Bertz CT molecular complexity index is 832. The SMILES string of the molecule is Cc1cccc(C(CC(=O)O)c2cn(C)c3ccccc23)c1. The van der Waals surface area contributed by atoms with Crippen molar-refractivity contribution in [1.82, 2.24) is 4.57 Å². The fourth-order valence-corrected chi connectivity index (χ4v) is 3.12. The summed E-state index contributed by atoms with van der Waals surface area (Å²) in [6.45, 7) is 2.03. The molecule has 0 aliphatic carbocycles. The highest BCUT2D eigenvalue weighted by molar-refractivity contribution is 5.85. The van der Waals surface area contributed by atoms with Gasteiger partial charge in [0.2, 0.25) is 0 Å². The maximum Gasteiger partial charge on any atom is 0.304 e. The van der Waals surface area contributed by atoms with Gasteiger partial charge in [-0.05, 0) is 24.1 Å². The van der Waals surface area contributed by atoms with Crippen molar-refractivity contribution in [3.8, 4) is 0 Å². The summed E-state index contributed by atoms with van der Waals surface area (Å²) >= 11 is 0. The van der Waals surface area contributed by atoms with Crippen molar-refractivity contribution in [2.24, 2.45) is 7.05 Å². The van der Waals surface area contributed by atoms with Gasteiger partial charge in [-0.3, -0.25) is 4.79 Å². The van der Waals surface area contributed by atoms with Crippen LogP contribution in [0.25, 0.3) is 10.9 Å². The maximum absolute atomic E-state index is 11.4. The van der Waals surface area contributed by atoms with Gasteiger partial charge in [-0.15, -0.1) is 0 Å². The molecule has 3 heteroatoms. The summed E-state index contributed by atoms with van der Waals surface area (Å²) in [4.78, 5) is 11.4. The molecule has 1 N–H and O–H groups in total. The van der Waals surface area contributed by atoms with Crippen molar-refractivity contribution >= 4 is 16.9 Å². The van der Waals surface area contributed by atoms with E-state index in [1.165, 1.54) is 0 Å². The minimum atomic E-state index is -0.778. The van der Waals surface area contributed by atoms with E-state index in [4.69, 9.17) is 0 Å². The van der Waals surface area contributed by atoms with Crippen molar-refractivity contribution in [3.05, 3.63) is 71.4 Å². The minimum Gasteiger partial charge on any atom is -0.481 e. The quantitative estimate of drug-likeness (QED) is 0.787. The molecule has 0 amide bonds. The lowest BCUT2D eigenvalue weighted by Gasteiger charge is -2.15. The van der Waals surface area contributed by atoms with Gasteiger partial charge in [-0.2, -0.15) is 0 Å². The molecule has 1 unspecified atom stereocenters. The van der Waals surface area contributed by atoms with Crippen LogP contribution in [0.3, 0.4) is 0 Å². The van der Waals surface area contributed by atoms with Crippen LogP contribution in [-0.4, -0.2) is 15.6 Å². The third kappa shape index (κ3) is 2.62. The van der Waals surface area contributed by atoms with Crippen molar-refractivity contribution in [1.29, 1.82) is 0 Å². The summed E-state index contributed by atoms with van der Waals surface area (Å²) < 4.78 is 2.06. The van der Waals surface area contributed by atoms with Crippen LogP contribution in [0.1, 0.15) is 29.0 Å². The van der Waals surface area contributed by atoms with Crippen LogP contribution in [0.4, 0.5) is 0 Å². The van der Waals surface area contributed by atoms with Crippen molar-refractivity contribution < 1.29 is 9.90 Å². The Morgan fingerprint density at radius 2 is 1.95 bits per heavy atom. The molecular weight excluding hydrogens is 274 g/mol. The molecule has 3 rings (SSSR count). The molecule has 1 atom stereocenters. The van der Waals surface area contributed by atoms with Crippen LogP contribution >= 0.6 is 0 Å². The number of hydrogen-bond donors (Lipinski definition) is 1. The predicted octanol–water partition coefficient (Wildman–Crippen LogP) is 4.09.